The van der Waals surface area contributed by atoms with E-state index in [2.05, 4.69) is 5.10 Å². The average molecular weight is 230 g/mol. The van der Waals surface area contributed by atoms with E-state index in [1.807, 2.05) is 13.0 Å². The third-order valence-corrected chi connectivity index (χ3v) is 2.72. The van der Waals surface area contributed by atoms with Crippen molar-refractivity contribution < 1.29 is 4.79 Å². The third-order valence-electron chi connectivity index (χ3n) is 2.72. The number of aromatic nitrogens is 2. The van der Waals surface area contributed by atoms with Crippen molar-refractivity contribution in [2.75, 3.05) is 0 Å². The molecule has 4 nitrogen and oxygen atoms in total. The summed E-state index contributed by atoms with van der Waals surface area (Å²) in [5, 5.41) is 2.90. The number of carbonyl (C=O) groups excluding carboxylic acids is 1. The van der Waals surface area contributed by atoms with Gasteiger partial charge in [0.25, 0.3) is 5.56 Å². The van der Waals surface area contributed by atoms with E-state index < -0.39 is 0 Å². The molecule has 0 spiro atoms. The van der Waals surface area contributed by atoms with Crippen molar-refractivity contribution in [3.8, 4) is 0 Å². The van der Waals surface area contributed by atoms with E-state index in [1.165, 1.54) is 4.68 Å². The topological polar surface area (TPSA) is 54.9 Å². The van der Waals surface area contributed by atoms with Crippen LogP contribution in [0.5, 0.6) is 0 Å². The first-order chi connectivity index (χ1) is 8.15. The smallest absolute Gasteiger partial charge is 0.278 e. The lowest BCUT2D eigenvalue weighted by Crippen LogP contribution is -2.21. The maximum atomic E-state index is 12.2. The Morgan fingerprint density at radius 2 is 1.94 bits per heavy atom. The minimum Gasteiger partial charge on any atom is -0.299 e. The van der Waals surface area contributed by atoms with Crippen LogP contribution in [0.15, 0.2) is 35.1 Å². The molecular weight excluding hydrogens is 216 g/mol. The number of rotatable bonds is 3. The number of hydrogen-bond acceptors (Lipinski definition) is 2. The summed E-state index contributed by atoms with van der Waals surface area (Å²) >= 11 is 0. The standard InChI is InChI=1S/C13H14N2O2/c1-3-15-13(17)11(9(2)14-15)12(16)10-7-5-4-6-8-10/h4-8,14H,3H2,1-2H3. The van der Waals surface area contributed by atoms with Gasteiger partial charge in [0.2, 0.25) is 0 Å². The fourth-order valence-corrected chi connectivity index (χ4v) is 1.83. The van der Waals surface area contributed by atoms with Crippen molar-refractivity contribution in [2.45, 2.75) is 20.4 Å². The second-order valence-electron chi connectivity index (χ2n) is 3.86. The fraction of sp³-hybridized carbons (Fsp3) is 0.231. The SMILES string of the molecule is CCn1[nH]c(C)c(C(=O)c2ccccc2)c1=O. The van der Waals surface area contributed by atoms with E-state index in [0.29, 0.717) is 17.8 Å². The molecule has 0 radical (unpaired) electrons. The number of nitrogens with zero attached hydrogens (tertiary/aromatic N) is 1. The van der Waals surface area contributed by atoms with E-state index >= 15 is 0 Å². The summed E-state index contributed by atoms with van der Waals surface area (Å²) in [6.07, 6.45) is 0. The Balaban J connectivity index is 2.52. The molecule has 1 aromatic heterocycles. The first kappa shape index (κ1) is 11.4. The summed E-state index contributed by atoms with van der Waals surface area (Å²) in [5.41, 5.74) is 1.14. The zero-order valence-electron chi connectivity index (χ0n) is 9.86. The maximum absolute atomic E-state index is 12.2. The van der Waals surface area contributed by atoms with Crippen molar-refractivity contribution in [3.05, 3.63) is 57.5 Å². The van der Waals surface area contributed by atoms with E-state index in [9.17, 15) is 9.59 Å². The second-order valence-corrected chi connectivity index (χ2v) is 3.86. The van der Waals surface area contributed by atoms with Gasteiger partial charge in [-0.2, -0.15) is 0 Å². The molecule has 0 aliphatic rings. The molecule has 2 rings (SSSR count). The molecule has 1 aromatic carbocycles. The fourth-order valence-electron chi connectivity index (χ4n) is 1.83. The van der Waals surface area contributed by atoms with Crippen LogP contribution in [-0.2, 0) is 6.54 Å². The van der Waals surface area contributed by atoms with Crippen molar-refractivity contribution >= 4 is 5.78 Å². The molecule has 0 saturated heterocycles. The maximum Gasteiger partial charge on any atom is 0.278 e. The molecule has 2 aromatic rings. The number of benzene rings is 1. The Kier molecular flexibility index (Phi) is 2.95. The van der Waals surface area contributed by atoms with Crippen LogP contribution in [0, 0.1) is 6.92 Å². The predicted octanol–water partition coefficient (Wildman–Crippen LogP) is 1.74. The molecule has 17 heavy (non-hydrogen) atoms. The molecule has 0 atom stereocenters. The highest BCUT2D eigenvalue weighted by molar-refractivity contribution is 6.09. The van der Waals surface area contributed by atoms with Gasteiger partial charge in [0.15, 0.2) is 5.78 Å². The van der Waals surface area contributed by atoms with Crippen LogP contribution < -0.4 is 5.56 Å². The number of aromatic amines is 1. The Hall–Kier alpha value is -2.10. The predicted molar refractivity (Wildman–Crippen MR) is 65.3 cm³/mol. The van der Waals surface area contributed by atoms with E-state index in [1.54, 1.807) is 31.2 Å². The monoisotopic (exact) mass is 230 g/mol. The molecule has 4 heteroatoms. The number of carbonyl (C=O) groups is 1. The lowest BCUT2D eigenvalue weighted by atomic mass is 10.0. The number of aryl methyl sites for hydroxylation is 2. The van der Waals surface area contributed by atoms with Crippen molar-refractivity contribution in [3.63, 3.8) is 0 Å². The van der Waals surface area contributed by atoms with Crippen molar-refractivity contribution in [1.29, 1.82) is 0 Å². The number of ketones is 1. The van der Waals surface area contributed by atoms with Crippen LogP contribution in [0.25, 0.3) is 0 Å². The van der Waals surface area contributed by atoms with Crippen molar-refractivity contribution in [2.24, 2.45) is 0 Å². The molecule has 0 amide bonds. The summed E-state index contributed by atoms with van der Waals surface area (Å²) in [7, 11) is 0. The molecule has 0 aliphatic carbocycles. The summed E-state index contributed by atoms with van der Waals surface area (Å²) in [6.45, 7) is 4.12. The summed E-state index contributed by atoms with van der Waals surface area (Å²) in [4.78, 5) is 24.1. The second kappa shape index (κ2) is 4.41. The molecular formula is C13H14N2O2. The van der Waals surface area contributed by atoms with Crippen LogP contribution in [0.1, 0.15) is 28.5 Å². The van der Waals surface area contributed by atoms with Crippen LogP contribution >= 0.6 is 0 Å². The van der Waals surface area contributed by atoms with Gasteiger partial charge >= 0.3 is 0 Å². The van der Waals surface area contributed by atoms with Gasteiger partial charge in [0, 0.05) is 17.8 Å². The molecule has 1 heterocycles. The van der Waals surface area contributed by atoms with Crippen LogP contribution in [-0.4, -0.2) is 15.6 Å². The molecule has 0 unspecified atom stereocenters. The molecule has 1 N–H and O–H groups in total. The number of nitrogens with one attached hydrogen (secondary N) is 1. The lowest BCUT2D eigenvalue weighted by Gasteiger charge is -1.97. The van der Waals surface area contributed by atoms with E-state index in [-0.39, 0.29) is 16.9 Å². The highest BCUT2D eigenvalue weighted by atomic mass is 16.2. The summed E-state index contributed by atoms with van der Waals surface area (Å²) in [6, 6.07) is 8.83. The quantitative estimate of drug-likeness (QED) is 0.816. The summed E-state index contributed by atoms with van der Waals surface area (Å²) < 4.78 is 1.44. The van der Waals surface area contributed by atoms with E-state index in [4.69, 9.17) is 0 Å². The van der Waals surface area contributed by atoms with Gasteiger partial charge < -0.3 is 0 Å². The summed E-state index contributed by atoms with van der Waals surface area (Å²) in [5.74, 6) is -0.225. The van der Waals surface area contributed by atoms with Gasteiger partial charge in [-0.25, -0.2) is 0 Å². The minimum absolute atomic E-state index is 0.225. The highest BCUT2D eigenvalue weighted by Crippen LogP contribution is 2.09. The van der Waals surface area contributed by atoms with E-state index in [0.717, 1.165) is 0 Å². The van der Waals surface area contributed by atoms with Gasteiger partial charge in [-0.05, 0) is 13.8 Å². The minimum atomic E-state index is -0.251. The lowest BCUT2D eigenvalue weighted by molar-refractivity contribution is 0.103. The van der Waals surface area contributed by atoms with Gasteiger partial charge in [-0.15, -0.1) is 0 Å². The molecule has 0 saturated carbocycles. The van der Waals surface area contributed by atoms with Gasteiger partial charge in [0.1, 0.15) is 5.56 Å². The molecule has 0 fully saturated rings. The number of hydrogen-bond donors (Lipinski definition) is 1. The van der Waals surface area contributed by atoms with Crippen LogP contribution in [0.4, 0.5) is 0 Å². The largest absolute Gasteiger partial charge is 0.299 e. The van der Waals surface area contributed by atoms with Crippen LogP contribution in [0.3, 0.4) is 0 Å². The first-order valence-corrected chi connectivity index (χ1v) is 5.54. The Bertz CT molecular complexity index is 594. The van der Waals surface area contributed by atoms with Crippen molar-refractivity contribution in [1.82, 2.24) is 9.78 Å². The highest BCUT2D eigenvalue weighted by Gasteiger charge is 2.19. The Labute approximate surface area is 98.9 Å². The third kappa shape index (κ3) is 1.93. The zero-order chi connectivity index (χ0) is 12.4. The molecule has 0 aliphatic heterocycles. The normalized spacial score (nSPS) is 10.5. The number of H-pyrrole nitrogens is 1. The van der Waals surface area contributed by atoms with Gasteiger partial charge in [0.05, 0.1) is 0 Å². The zero-order valence-corrected chi connectivity index (χ0v) is 9.86. The average Bonchev–Trinajstić information content (AvgIpc) is 2.64. The Morgan fingerprint density at radius 1 is 1.29 bits per heavy atom. The molecule has 88 valence electrons. The molecule has 0 bridgehead atoms. The first-order valence-electron chi connectivity index (χ1n) is 5.54. The van der Waals surface area contributed by atoms with Crippen LogP contribution in [0.2, 0.25) is 0 Å². The Morgan fingerprint density at radius 3 is 2.47 bits per heavy atom. The van der Waals surface area contributed by atoms with Gasteiger partial charge in [-0.3, -0.25) is 19.4 Å². The van der Waals surface area contributed by atoms with Gasteiger partial charge in [-0.1, -0.05) is 30.3 Å².